The van der Waals surface area contributed by atoms with E-state index in [0.29, 0.717) is 11.4 Å². The first-order valence-corrected chi connectivity index (χ1v) is 3.43. The Morgan fingerprint density at radius 3 is 3.08 bits per heavy atom. The van der Waals surface area contributed by atoms with Gasteiger partial charge in [0.25, 0.3) is 0 Å². The van der Waals surface area contributed by atoms with Crippen LogP contribution in [0.1, 0.15) is 5.56 Å². The molecule has 0 saturated heterocycles. The van der Waals surface area contributed by atoms with Crippen LogP contribution in [0.5, 0.6) is 5.88 Å². The molecule has 0 aliphatic heterocycles. The summed E-state index contributed by atoms with van der Waals surface area (Å²) in [5.74, 6) is -0.513. The first-order chi connectivity index (χ1) is 5.74. The van der Waals surface area contributed by atoms with E-state index in [-0.39, 0.29) is 6.42 Å². The van der Waals surface area contributed by atoms with E-state index in [4.69, 9.17) is 9.84 Å². The number of pyridine rings is 1. The Morgan fingerprint density at radius 1 is 1.75 bits per heavy atom. The molecule has 0 aromatic carbocycles. The van der Waals surface area contributed by atoms with Crippen LogP contribution in [0.3, 0.4) is 0 Å². The zero-order valence-electron chi connectivity index (χ0n) is 6.65. The number of ether oxygens (including phenoxy) is 1. The molecule has 0 unspecified atom stereocenters. The average Bonchev–Trinajstić information content (AvgIpc) is 2.04. The highest BCUT2D eigenvalue weighted by atomic mass is 16.5. The van der Waals surface area contributed by atoms with Crippen LogP contribution in [0.25, 0.3) is 0 Å². The monoisotopic (exact) mass is 167 g/mol. The Bertz CT molecular complexity index is 285. The van der Waals surface area contributed by atoms with Crippen LogP contribution in [0, 0.1) is 0 Å². The van der Waals surface area contributed by atoms with Crippen LogP contribution in [0.15, 0.2) is 18.3 Å². The topological polar surface area (TPSA) is 59.4 Å². The van der Waals surface area contributed by atoms with Gasteiger partial charge < -0.3 is 9.84 Å². The number of carboxylic acid groups (broad SMARTS) is 1. The van der Waals surface area contributed by atoms with Gasteiger partial charge in [-0.2, -0.15) is 0 Å². The summed E-state index contributed by atoms with van der Waals surface area (Å²) in [6, 6.07) is 3.36. The molecule has 0 saturated carbocycles. The third-order valence-electron chi connectivity index (χ3n) is 1.38. The lowest BCUT2D eigenvalue weighted by atomic mass is 10.2. The quantitative estimate of drug-likeness (QED) is 0.720. The summed E-state index contributed by atoms with van der Waals surface area (Å²) in [5, 5.41) is 8.50. The van der Waals surface area contributed by atoms with Gasteiger partial charge in [0.15, 0.2) is 0 Å². The van der Waals surface area contributed by atoms with E-state index in [1.54, 1.807) is 18.3 Å². The van der Waals surface area contributed by atoms with Crippen molar-refractivity contribution in [3.63, 3.8) is 0 Å². The van der Waals surface area contributed by atoms with Crippen molar-refractivity contribution in [1.82, 2.24) is 4.98 Å². The maximum absolute atomic E-state index is 10.4. The predicted octanol–water partition coefficient (Wildman–Crippen LogP) is 0.717. The number of aliphatic carboxylic acids is 1. The molecule has 1 rings (SSSR count). The third kappa shape index (κ3) is 1.95. The van der Waals surface area contributed by atoms with Crippen molar-refractivity contribution in [3.05, 3.63) is 23.9 Å². The molecular formula is C8H9NO3. The molecule has 0 atom stereocenters. The Kier molecular flexibility index (Phi) is 2.63. The first kappa shape index (κ1) is 8.52. The molecule has 0 aliphatic rings. The van der Waals surface area contributed by atoms with Gasteiger partial charge >= 0.3 is 5.97 Å². The highest BCUT2D eigenvalue weighted by molar-refractivity contribution is 5.70. The van der Waals surface area contributed by atoms with Gasteiger partial charge in [-0.3, -0.25) is 4.79 Å². The SMILES string of the molecule is COc1ncccc1CC(=O)O. The molecule has 1 heterocycles. The van der Waals surface area contributed by atoms with Crippen molar-refractivity contribution in [1.29, 1.82) is 0 Å². The fraction of sp³-hybridized carbons (Fsp3) is 0.250. The minimum Gasteiger partial charge on any atom is -0.481 e. The van der Waals surface area contributed by atoms with E-state index in [9.17, 15) is 4.79 Å². The maximum atomic E-state index is 10.4. The molecule has 0 spiro atoms. The number of carboxylic acids is 1. The molecule has 1 aromatic rings. The molecule has 0 bridgehead atoms. The molecule has 0 radical (unpaired) electrons. The van der Waals surface area contributed by atoms with Crippen LogP contribution in [-0.4, -0.2) is 23.2 Å². The zero-order valence-corrected chi connectivity index (χ0v) is 6.65. The lowest BCUT2D eigenvalue weighted by Gasteiger charge is -2.02. The summed E-state index contributed by atoms with van der Waals surface area (Å²) < 4.78 is 4.87. The second-order valence-electron chi connectivity index (χ2n) is 2.24. The largest absolute Gasteiger partial charge is 0.481 e. The summed E-state index contributed by atoms with van der Waals surface area (Å²) in [6.45, 7) is 0. The highest BCUT2D eigenvalue weighted by Gasteiger charge is 2.06. The van der Waals surface area contributed by atoms with Crippen LogP contribution >= 0.6 is 0 Å². The molecule has 12 heavy (non-hydrogen) atoms. The van der Waals surface area contributed by atoms with Gasteiger partial charge in [-0.1, -0.05) is 6.07 Å². The second-order valence-corrected chi connectivity index (χ2v) is 2.24. The lowest BCUT2D eigenvalue weighted by molar-refractivity contribution is -0.136. The van der Waals surface area contributed by atoms with Crippen molar-refractivity contribution in [2.24, 2.45) is 0 Å². The first-order valence-electron chi connectivity index (χ1n) is 3.43. The predicted molar refractivity (Wildman–Crippen MR) is 42.1 cm³/mol. The van der Waals surface area contributed by atoms with Crippen LogP contribution in [0.2, 0.25) is 0 Å². The van der Waals surface area contributed by atoms with E-state index in [0.717, 1.165) is 0 Å². The Labute approximate surface area is 69.8 Å². The number of hydrogen-bond acceptors (Lipinski definition) is 3. The van der Waals surface area contributed by atoms with Crippen molar-refractivity contribution < 1.29 is 14.6 Å². The second kappa shape index (κ2) is 3.71. The molecular weight excluding hydrogens is 158 g/mol. The van der Waals surface area contributed by atoms with Crippen molar-refractivity contribution in [2.45, 2.75) is 6.42 Å². The molecule has 0 fully saturated rings. The number of rotatable bonds is 3. The summed E-state index contributed by atoms with van der Waals surface area (Å²) in [4.78, 5) is 14.2. The Morgan fingerprint density at radius 2 is 2.50 bits per heavy atom. The number of hydrogen-bond donors (Lipinski definition) is 1. The van der Waals surface area contributed by atoms with Crippen LogP contribution in [-0.2, 0) is 11.2 Å². The Hall–Kier alpha value is -1.58. The number of carbonyl (C=O) groups is 1. The maximum Gasteiger partial charge on any atom is 0.308 e. The van der Waals surface area contributed by atoms with E-state index in [2.05, 4.69) is 4.98 Å². The molecule has 1 N–H and O–H groups in total. The molecule has 0 amide bonds. The van der Waals surface area contributed by atoms with Gasteiger partial charge in [-0.05, 0) is 6.07 Å². The minimum absolute atomic E-state index is 0.0585. The molecule has 64 valence electrons. The number of methoxy groups -OCH3 is 1. The van der Waals surface area contributed by atoms with Crippen LogP contribution in [0.4, 0.5) is 0 Å². The molecule has 0 aliphatic carbocycles. The van der Waals surface area contributed by atoms with Crippen molar-refractivity contribution in [3.8, 4) is 5.88 Å². The summed E-state index contributed by atoms with van der Waals surface area (Å²) in [7, 11) is 1.47. The smallest absolute Gasteiger partial charge is 0.308 e. The third-order valence-corrected chi connectivity index (χ3v) is 1.38. The van der Waals surface area contributed by atoms with Crippen molar-refractivity contribution >= 4 is 5.97 Å². The minimum atomic E-state index is -0.888. The fourth-order valence-corrected chi connectivity index (χ4v) is 0.905. The summed E-state index contributed by atoms with van der Waals surface area (Å²) in [6.07, 6.45) is 1.50. The highest BCUT2D eigenvalue weighted by Crippen LogP contribution is 2.13. The Balaban J connectivity index is 2.89. The average molecular weight is 167 g/mol. The van der Waals surface area contributed by atoms with Gasteiger partial charge in [-0.25, -0.2) is 4.98 Å². The van der Waals surface area contributed by atoms with E-state index in [1.807, 2.05) is 0 Å². The van der Waals surface area contributed by atoms with Gasteiger partial charge in [-0.15, -0.1) is 0 Å². The number of aromatic nitrogens is 1. The van der Waals surface area contributed by atoms with E-state index in [1.165, 1.54) is 7.11 Å². The zero-order chi connectivity index (χ0) is 8.97. The van der Waals surface area contributed by atoms with Gasteiger partial charge in [0.05, 0.1) is 13.5 Å². The summed E-state index contributed by atoms with van der Waals surface area (Å²) >= 11 is 0. The van der Waals surface area contributed by atoms with E-state index < -0.39 is 5.97 Å². The molecule has 1 aromatic heterocycles. The van der Waals surface area contributed by atoms with E-state index >= 15 is 0 Å². The van der Waals surface area contributed by atoms with Gasteiger partial charge in [0.1, 0.15) is 0 Å². The van der Waals surface area contributed by atoms with Gasteiger partial charge in [0.2, 0.25) is 5.88 Å². The standard InChI is InChI=1S/C8H9NO3/c1-12-8-6(5-7(10)11)3-2-4-9-8/h2-4H,5H2,1H3,(H,10,11). The van der Waals surface area contributed by atoms with Crippen molar-refractivity contribution in [2.75, 3.05) is 7.11 Å². The fourth-order valence-electron chi connectivity index (χ4n) is 0.905. The molecule has 4 heteroatoms. The normalized spacial score (nSPS) is 9.42. The van der Waals surface area contributed by atoms with Gasteiger partial charge in [0, 0.05) is 11.8 Å². The number of nitrogens with zero attached hydrogens (tertiary/aromatic N) is 1. The molecule has 4 nitrogen and oxygen atoms in total. The van der Waals surface area contributed by atoms with Crippen LogP contribution < -0.4 is 4.74 Å². The lowest BCUT2D eigenvalue weighted by Crippen LogP contribution is -2.02. The summed E-state index contributed by atoms with van der Waals surface area (Å²) in [5.41, 5.74) is 0.590.